The molecule has 4 nitrogen and oxygen atoms in total. The Morgan fingerprint density at radius 3 is 2.18 bits per heavy atom. The maximum absolute atomic E-state index is 5.90. The molecule has 180 valence electrons. The van der Waals surface area contributed by atoms with Crippen LogP contribution in [0.3, 0.4) is 0 Å². The molecular weight excluding hydrogens is 466 g/mol. The lowest BCUT2D eigenvalue weighted by Crippen LogP contribution is -1.92. The van der Waals surface area contributed by atoms with Gasteiger partial charge >= 0.3 is 0 Å². The van der Waals surface area contributed by atoms with Gasteiger partial charge in [-0.3, -0.25) is 4.98 Å². The molecule has 3 heterocycles. The van der Waals surface area contributed by atoms with Crippen LogP contribution in [0.25, 0.3) is 49.9 Å². The number of aromatic nitrogens is 3. The SMILES string of the molecule is c1ccc(-n2c3ccccc3c3cc(-c4ccc(-c5cccc(Oc6ccccn6)c5)nc4)ccc32)cc1. The van der Waals surface area contributed by atoms with Gasteiger partial charge in [0.15, 0.2) is 0 Å². The molecule has 7 aromatic rings. The number of para-hydroxylation sites is 2. The van der Waals surface area contributed by atoms with E-state index < -0.39 is 0 Å². The summed E-state index contributed by atoms with van der Waals surface area (Å²) in [5.41, 5.74) is 7.65. The van der Waals surface area contributed by atoms with Crippen LogP contribution in [0.15, 0.2) is 140 Å². The van der Waals surface area contributed by atoms with Crippen LogP contribution in [0.5, 0.6) is 11.6 Å². The van der Waals surface area contributed by atoms with Gasteiger partial charge in [-0.1, -0.05) is 66.7 Å². The molecule has 0 amide bonds. The zero-order valence-corrected chi connectivity index (χ0v) is 20.5. The van der Waals surface area contributed by atoms with E-state index in [2.05, 4.69) is 94.5 Å². The predicted octanol–water partition coefficient (Wildman–Crippen LogP) is 8.70. The Bertz CT molecular complexity index is 1880. The zero-order valence-electron chi connectivity index (χ0n) is 20.5. The lowest BCUT2D eigenvalue weighted by molar-refractivity contribution is 0.463. The van der Waals surface area contributed by atoms with Crippen LogP contribution in [0.2, 0.25) is 0 Å². The highest BCUT2D eigenvalue weighted by atomic mass is 16.5. The molecule has 0 aliphatic heterocycles. The van der Waals surface area contributed by atoms with E-state index in [0.717, 1.165) is 33.8 Å². The zero-order chi connectivity index (χ0) is 25.3. The maximum atomic E-state index is 5.90. The van der Waals surface area contributed by atoms with E-state index in [1.165, 1.54) is 21.8 Å². The van der Waals surface area contributed by atoms with E-state index in [1.54, 1.807) is 6.20 Å². The third kappa shape index (κ3) is 3.98. The van der Waals surface area contributed by atoms with E-state index in [1.807, 2.05) is 48.7 Å². The molecule has 0 bridgehead atoms. The van der Waals surface area contributed by atoms with Crippen LogP contribution < -0.4 is 4.74 Å². The summed E-state index contributed by atoms with van der Waals surface area (Å²) in [5, 5.41) is 2.47. The summed E-state index contributed by atoms with van der Waals surface area (Å²) in [7, 11) is 0. The summed E-state index contributed by atoms with van der Waals surface area (Å²) in [6.07, 6.45) is 3.66. The van der Waals surface area contributed by atoms with Crippen molar-refractivity contribution < 1.29 is 4.74 Å². The van der Waals surface area contributed by atoms with E-state index in [0.29, 0.717) is 5.88 Å². The topological polar surface area (TPSA) is 39.9 Å². The van der Waals surface area contributed by atoms with Crippen molar-refractivity contribution in [3.8, 4) is 39.7 Å². The van der Waals surface area contributed by atoms with Crippen molar-refractivity contribution >= 4 is 21.8 Å². The summed E-state index contributed by atoms with van der Waals surface area (Å²) >= 11 is 0. The van der Waals surface area contributed by atoms with Gasteiger partial charge in [0.25, 0.3) is 0 Å². The van der Waals surface area contributed by atoms with E-state index in [4.69, 9.17) is 9.72 Å². The predicted molar refractivity (Wildman–Crippen MR) is 154 cm³/mol. The van der Waals surface area contributed by atoms with Crippen LogP contribution in [-0.2, 0) is 0 Å². The minimum atomic E-state index is 0.567. The summed E-state index contributed by atoms with van der Waals surface area (Å²) in [4.78, 5) is 9.03. The lowest BCUT2D eigenvalue weighted by atomic mass is 10.0. The minimum absolute atomic E-state index is 0.567. The Labute approximate surface area is 220 Å². The van der Waals surface area contributed by atoms with Crippen LogP contribution in [-0.4, -0.2) is 14.5 Å². The standard InChI is InChI=1S/C34H23N3O/c1-2-10-27(11-3-1)37-32-14-5-4-13-29(32)30-22-24(17-19-33(30)37)26-16-18-31(36-23-26)25-9-8-12-28(21-25)38-34-15-6-7-20-35-34/h1-23H. The Morgan fingerprint density at radius 2 is 1.34 bits per heavy atom. The number of benzene rings is 4. The van der Waals surface area contributed by atoms with Crippen molar-refractivity contribution in [1.82, 2.24) is 14.5 Å². The smallest absolute Gasteiger partial charge is 0.219 e. The molecule has 0 N–H and O–H groups in total. The molecule has 7 rings (SSSR count). The first-order valence-corrected chi connectivity index (χ1v) is 12.6. The Morgan fingerprint density at radius 1 is 0.526 bits per heavy atom. The number of fused-ring (bicyclic) bond motifs is 3. The molecule has 0 unspecified atom stereocenters. The van der Waals surface area contributed by atoms with E-state index in [-0.39, 0.29) is 0 Å². The fourth-order valence-electron chi connectivity index (χ4n) is 4.99. The second-order valence-electron chi connectivity index (χ2n) is 9.15. The minimum Gasteiger partial charge on any atom is -0.439 e. The molecule has 38 heavy (non-hydrogen) atoms. The van der Waals surface area contributed by atoms with Crippen LogP contribution in [0, 0.1) is 0 Å². The average molecular weight is 490 g/mol. The third-order valence-electron chi connectivity index (χ3n) is 6.77. The Balaban J connectivity index is 1.24. The van der Waals surface area contributed by atoms with Gasteiger partial charge in [0.05, 0.1) is 16.7 Å². The largest absolute Gasteiger partial charge is 0.439 e. The van der Waals surface area contributed by atoms with Crippen molar-refractivity contribution in [2.75, 3.05) is 0 Å². The molecule has 0 fully saturated rings. The van der Waals surface area contributed by atoms with E-state index >= 15 is 0 Å². The van der Waals surface area contributed by atoms with Crippen molar-refractivity contribution in [2.45, 2.75) is 0 Å². The summed E-state index contributed by atoms with van der Waals surface area (Å²) < 4.78 is 8.23. The molecule has 0 aliphatic rings. The molecule has 4 aromatic carbocycles. The molecular formula is C34H23N3O. The molecule has 0 radical (unpaired) electrons. The number of ether oxygens (including phenoxy) is 1. The number of nitrogens with zero attached hydrogens (tertiary/aromatic N) is 3. The van der Waals surface area contributed by atoms with Gasteiger partial charge in [0.2, 0.25) is 5.88 Å². The quantitative estimate of drug-likeness (QED) is 0.243. The fraction of sp³-hybridized carbons (Fsp3) is 0. The van der Waals surface area contributed by atoms with Gasteiger partial charge in [-0.2, -0.15) is 0 Å². The first-order valence-electron chi connectivity index (χ1n) is 12.6. The third-order valence-corrected chi connectivity index (χ3v) is 6.77. The molecule has 0 saturated heterocycles. The Hall–Kier alpha value is -5.22. The molecule has 0 spiro atoms. The average Bonchev–Trinajstić information content (AvgIpc) is 3.32. The highest BCUT2D eigenvalue weighted by Crippen LogP contribution is 2.35. The van der Waals surface area contributed by atoms with Crippen molar-refractivity contribution in [3.63, 3.8) is 0 Å². The van der Waals surface area contributed by atoms with Gasteiger partial charge in [0.1, 0.15) is 5.75 Å². The Kier molecular flexibility index (Phi) is 5.41. The first-order chi connectivity index (χ1) is 18.8. The van der Waals surface area contributed by atoms with Gasteiger partial charge in [0, 0.05) is 46.0 Å². The maximum Gasteiger partial charge on any atom is 0.219 e. The van der Waals surface area contributed by atoms with Gasteiger partial charge in [-0.05, 0) is 60.2 Å². The normalized spacial score (nSPS) is 11.2. The second kappa shape index (κ2) is 9.34. The molecule has 0 saturated carbocycles. The highest BCUT2D eigenvalue weighted by Gasteiger charge is 2.13. The first kappa shape index (κ1) is 22.0. The number of hydrogen-bond donors (Lipinski definition) is 0. The van der Waals surface area contributed by atoms with Crippen LogP contribution in [0.4, 0.5) is 0 Å². The molecule has 3 aromatic heterocycles. The summed E-state index contributed by atoms with van der Waals surface area (Å²) in [5.74, 6) is 1.30. The fourth-order valence-corrected chi connectivity index (χ4v) is 4.99. The van der Waals surface area contributed by atoms with Crippen molar-refractivity contribution in [2.24, 2.45) is 0 Å². The van der Waals surface area contributed by atoms with Crippen LogP contribution >= 0.6 is 0 Å². The van der Waals surface area contributed by atoms with E-state index in [9.17, 15) is 0 Å². The summed E-state index contributed by atoms with van der Waals surface area (Å²) in [6.45, 7) is 0. The molecule has 4 heteroatoms. The molecule has 0 aliphatic carbocycles. The lowest BCUT2D eigenvalue weighted by Gasteiger charge is -2.09. The van der Waals surface area contributed by atoms with Gasteiger partial charge in [-0.15, -0.1) is 0 Å². The number of rotatable bonds is 5. The number of hydrogen-bond acceptors (Lipinski definition) is 3. The number of pyridine rings is 2. The van der Waals surface area contributed by atoms with Crippen molar-refractivity contribution in [1.29, 1.82) is 0 Å². The highest BCUT2D eigenvalue weighted by molar-refractivity contribution is 6.10. The molecule has 0 atom stereocenters. The van der Waals surface area contributed by atoms with Gasteiger partial charge in [-0.25, -0.2) is 4.98 Å². The van der Waals surface area contributed by atoms with Crippen molar-refractivity contribution in [3.05, 3.63) is 140 Å². The van der Waals surface area contributed by atoms with Crippen LogP contribution in [0.1, 0.15) is 0 Å². The summed E-state index contributed by atoms with van der Waals surface area (Å²) in [6, 6.07) is 43.5. The second-order valence-corrected chi connectivity index (χ2v) is 9.15. The monoisotopic (exact) mass is 489 g/mol. The van der Waals surface area contributed by atoms with Gasteiger partial charge < -0.3 is 9.30 Å².